The number of carbonyl (C=O) groups excluding carboxylic acids is 1. The van der Waals surface area contributed by atoms with E-state index < -0.39 is 0 Å². The van der Waals surface area contributed by atoms with Gasteiger partial charge in [-0.1, -0.05) is 35.9 Å². The van der Waals surface area contributed by atoms with Gasteiger partial charge in [0.15, 0.2) is 11.5 Å². The Labute approximate surface area is 151 Å². The SMILES string of the molecule is COc1ccccc1Oc1ccc(NC(=O)c2ccccc2Cl)cc1. The minimum Gasteiger partial charge on any atom is -0.493 e. The van der Waals surface area contributed by atoms with Gasteiger partial charge in [-0.3, -0.25) is 4.79 Å². The molecule has 0 heterocycles. The lowest BCUT2D eigenvalue weighted by Crippen LogP contribution is -2.12. The second kappa shape index (κ2) is 7.73. The Morgan fingerprint density at radius 1 is 0.880 bits per heavy atom. The number of rotatable bonds is 5. The Bertz CT molecular complexity index is 878. The van der Waals surface area contributed by atoms with Crippen molar-refractivity contribution in [1.82, 2.24) is 0 Å². The fraction of sp³-hybridized carbons (Fsp3) is 0.0500. The zero-order chi connectivity index (χ0) is 17.6. The van der Waals surface area contributed by atoms with Crippen LogP contribution in [0.2, 0.25) is 5.02 Å². The second-order valence-electron chi connectivity index (χ2n) is 5.21. The Hall–Kier alpha value is -2.98. The molecule has 0 radical (unpaired) electrons. The van der Waals surface area contributed by atoms with Crippen LogP contribution < -0.4 is 14.8 Å². The summed E-state index contributed by atoms with van der Waals surface area (Å²) >= 11 is 6.04. The number of hydrogen-bond acceptors (Lipinski definition) is 3. The summed E-state index contributed by atoms with van der Waals surface area (Å²) in [5.41, 5.74) is 1.08. The topological polar surface area (TPSA) is 47.6 Å². The minimum absolute atomic E-state index is 0.260. The quantitative estimate of drug-likeness (QED) is 0.668. The first kappa shape index (κ1) is 16.9. The van der Waals surface area contributed by atoms with Crippen LogP contribution in [0.3, 0.4) is 0 Å². The van der Waals surface area contributed by atoms with Crippen LogP contribution in [0.1, 0.15) is 10.4 Å². The largest absolute Gasteiger partial charge is 0.493 e. The zero-order valence-electron chi connectivity index (χ0n) is 13.5. The number of ether oxygens (including phenoxy) is 2. The Morgan fingerprint density at radius 2 is 1.52 bits per heavy atom. The molecule has 0 saturated heterocycles. The summed E-state index contributed by atoms with van der Waals surface area (Å²) in [5.74, 6) is 1.65. The van der Waals surface area contributed by atoms with E-state index in [1.807, 2.05) is 24.3 Å². The molecule has 3 aromatic rings. The van der Waals surface area contributed by atoms with E-state index in [-0.39, 0.29) is 5.91 Å². The summed E-state index contributed by atoms with van der Waals surface area (Å²) < 4.78 is 11.1. The van der Waals surface area contributed by atoms with Crippen LogP contribution in [0.15, 0.2) is 72.8 Å². The molecule has 0 aliphatic rings. The van der Waals surface area contributed by atoms with Crippen molar-refractivity contribution in [2.24, 2.45) is 0 Å². The monoisotopic (exact) mass is 353 g/mol. The fourth-order valence-corrected chi connectivity index (χ4v) is 2.50. The maximum absolute atomic E-state index is 12.3. The predicted octanol–water partition coefficient (Wildman–Crippen LogP) is 5.39. The van der Waals surface area contributed by atoms with Crippen LogP contribution in [-0.4, -0.2) is 13.0 Å². The first-order valence-corrected chi connectivity index (χ1v) is 8.02. The van der Waals surface area contributed by atoms with E-state index in [2.05, 4.69) is 5.32 Å². The molecule has 1 N–H and O–H groups in total. The molecular formula is C20H16ClNO3. The number of methoxy groups -OCH3 is 1. The molecule has 0 saturated carbocycles. The fourth-order valence-electron chi connectivity index (χ4n) is 2.28. The molecule has 0 bridgehead atoms. The van der Waals surface area contributed by atoms with E-state index in [0.29, 0.717) is 33.5 Å². The van der Waals surface area contributed by atoms with Crippen molar-refractivity contribution >= 4 is 23.2 Å². The molecule has 0 unspecified atom stereocenters. The van der Waals surface area contributed by atoms with Gasteiger partial charge in [-0.25, -0.2) is 0 Å². The molecule has 5 heteroatoms. The van der Waals surface area contributed by atoms with Crippen molar-refractivity contribution < 1.29 is 14.3 Å². The highest BCUT2D eigenvalue weighted by atomic mass is 35.5. The third kappa shape index (κ3) is 4.11. The molecule has 3 rings (SSSR count). The lowest BCUT2D eigenvalue weighted by Gasteiger charge is -2.11. The van der Waals surface area contributed by atoms with Crippen LogP contribution in [0.25, 0.3) is 0 Å². The summed E-state index contributed by atoms with van der Waals surface area (Å²) in [6.07, 6.45) is 0. The highest BCUT2D eigenvalue weighted by Gasteiger charge is 2.10. The van der Waals surface area contributed by atoms with Gasteiger partial charge in [0.1, 0.15) is 5.75 Å². The van der Waals surface area contributed by atoms with Gasteiger partial charge in [0.2, 0.25) is 0 Å². The lowest BCUT2D eigenvalue weighted by atomic mass is 10.2. The van der Waals surface area contributed by atoms with Crippen molar-refractivity contribution in [1.29, 1.82) is 0 Å². The highest BCUT2D eigenvalue weighted by Crippen LogP contribution is 2.31. The van der Waals surface area contributed by atoms with Crippen molar-refractivity contribution in [3.63, 3.8) is 0 Å². The Kier molecular flexibility index (Phi) is 5.21. The number of halogens is 1. The number of carbonyl (C=O) groups is 1. The van der Waals surface area contributed by atoms with Gasteiger partial charge in [-0.2, -0.15) is 0 Å². The van der Waals surface area contributed by atoms with E-state index >= 15 is 0 Å². The van der Waals surface area contributed by atoms with Gasteiger partial charge in [-0.15, -0.1) is 0 Å². The van der Waals surface area contributed by atoms with Crippen LogP contribution in [0.5, 0.6) is 17.2 Å². The average Bonchev–Trinajstić information content (AvgIpc) is 2.64. The summed E-state index contributed by atoms with van der Waals surface area (Å²) in [7, 11) is 1.59. The van der Waals surface area contributed by atoms with Gasteiger partial charge in [0.25, 0.3) is 5.91 Å². The maximum Gasteiger partial charge on any atom is 0.257 e. The van der Waals surface area contributed by atoms with E-state index in [1.54, 1.807) is 55.6 Å². The lowest BCUT2D eigenvalue weighted by molar-refractivity contribution is 0.102. The van der Waals surface area contributed by atoms with E-state index in [4.69, 9.17) is 21.1 Å². The third-order valence-electron chi connectivity index (χ3n) is 3.53. The smallest absolute Gasteiger partial charge is 0.257 e. The van der Waals surface area contributed by atoms with Crippen LogP contribution in [0.4, 0.5) is 5.69 Å². The average molecular weight is 354 g/mol. The zero-order valence-corrected chi connectivity index (χ0v) is 14.3. The molecule has 126 valence electrons. The molecule has 1 amide bonds. The van der Waals surface area contributed by atoms with Crippen molar-refractivity contribution in [3.05, 3.63) is 83.4 Å². The first-order chi connectivity index (χ1) is 12.2. The number of nitrogens with one attached hydrogen (secondary N) is 1. The van der Waals surface area contributed by atoms with Crippen molar-refractivity contribution in [2.75, 3.05) is 12.4 Å². The molecule has 0 spiro atoms. The third-order valence-corrected chi connectivity index (χ3v) is 3.86. The van der Waals surface area contributed by atoms with Crippen LogP contribution >= 0.6 is 11.6 Å². The molecule has 0 aliphatic carbocycles. The minimum atomic E-state index is -0.260. The van der Waals surface area contributed by atoms with Gasteiger partial charge >= 0.3 is 0 Å². The molecule has 25 heavy (non-hydrogen) atoms. The second-order valence-corrected chi connectivity index (χ2v) is 5.62. The van der Waals surface area contributed by atoms with Crippen molar-refractivity contribution in [3.8, 4) is 17.2 Å². The Balaban J connectivity index is 1.70. The molecule has 0 fully saturated rings. The summed E-state index contributed by atoms with van der Waals surface area (Å²) in [5, 5.41) is 3.22. The van der Waals surface area contributed by atoms with E-state index in [0.717, 1.165) is 0 Å². The van der Waals surface area contributed by atoms with Crippen molar-refractivity contribution in [2.45, 2.75) is 0 Å². The summed E-state index contributed by atoms with van der Waals surface area (Å²) in [6.45, 7) is 0. The van der Waals surface area contributed by atoms with Crippen LogP contribution in [-0.2, 0) is 0 Å². The standard InChI is InChI=1S/C20H16ClNO3/c1-24-18-8-4-5-9-19(18)25-15-12-10-14(11-13-15)22-20(23)16-6-2-3-7-17(16)21/h2-13H,1H3,(H,22,23). The number of anilines is 1. The number of amides is 1. The van der Waals surface area contributed by atoms with Gasteiger partial charge in [0, 0.05) is 5.69 Å². The highest BCUT2D eigenvalue weighted by molar-refractivity contribution is 6.34. The molecule has 0 atom stereocenters. The van der Waals surface area contributed by atoms with E-state index in [9.17, 15) is 4.79 Å². The molecule has 3 aromatic carbocycles. The number of hydrogen-bond donors (Lipinski definition) is 1. The van der Waals surface area contributed by atoms with E-state index in [1.165, 1.54) is 0 Å². The molecule has 4 nitrogen and oxygen atoms in total. The molecular weight excluding hydrogens is 338 g/mol. The predicted molar refractivity (Wildman–Crippen MR) is 98.9 cm³/mol. The van der Waals surface area contributed by atoms with Crippen LogP contribution in [0, 0.1) is 0 Å². The maximum atomic E-state index is 12.3. The Morgan fingerprint density at radius 3 is 2.20 bits per heavy atom. The normalized spacial score (nSPS) is 10.2. The van der Waals surface area contributed by atoms with Gasteiger partial charge in [-0.05, 0) is 48.5 Å². The molecule has 0 aromatic heterocycles. The van der Waals surface area contributed by atoms with Gasteiger partial charge in [0.05, 0.1) is 17.7 Å². The summed E-state index contributed by atoms with van der Waals surface area (Å²) in [4.78, 5) is 12.3. The number of para-hydroxylation sites is 2. The summed E-state index contributed by atoms with van der Waals surface area (Å²) in [6, 6.07) is 21.4. The first-order valence-electron chi connectivity index (χ1n) is 7.64. The number of benzene rings is 3. The molecule has 0 aliphatic heterocycles. The van der Waals surface area contributed by atoms with Gasteiger partial charge < -0.3 is 14.8 Å².